The molecule has 2 heterocycles. The van der Waals surface area contributed by atoms with Crippen molar-refractivity contribution in [3.8, 4) is 0 Å². The molecule has 1 fully saturated rings. The minimum atomic E-state index is 0.707. The Hall–Kier alpha value is -0.410. The van der Waals surface area contributed by atoms with Crippen molar-refractivity contribution >= 4 is 11.3 Å². The van der Waals surface area contributed by atoms with Crippen LogP contribution < -0.4 is 5.32 Å². The van der Waals surface area contributed by atoms with Gasteiger partial charge in [-0.2, -0.15) is 0 Å². The molecule has 1 aliphatic rings. The summed E-state index contributed by atoms with van der Waals surface area (Å²) >= 11 is 1.92. The molecule has 0 spiro atoms. The van der Waals surface area contributed by atoms with Gasteiger partial charge in [0.2, 0.25) is 0 Å². The first kappa shape index (κ1) is 11.1. The SMILES string of the molecule is CCCc1nc(C)c(CC2CCCN2)s1. The van der Waals surface area contributed by atoms with Crippen molar-refractivity contribution in [1.82, 2.24) is 10.3 Å². The highest BCUT2D eigenvalue weighted by Gasteiger charge is 2.17. The van der Waals surface area contributed by atoms with Crippen LogP contribution in [0, 0.1) is 6.92 Å². The Morgan fingerprint density at radius 1 is 1.53 bits per heavy atom. The van der Waals surface area contributed by atoms with Crippen LogP contribution in [0.4, 0.5) is 0 Å². The molecule has 2 nitrogen and oxygen atoms in total. The minimum absolute atomic E-state index is 0.707. The summed E-state index contributed by atoms with van der Waals surface area (Å²) < 4.78 is 0. The van der Waals surface area contributed by atoms with Gasteiger partial charge in [0.05, 0.1) is 10.7 Å². The Kier molecular flexibility index (Phi) is 3.76. The zero-order valence-electron chi connectivity index (χ0n) is 9.68. The van der Waals surface area contributed by atoms with Crippen molar-refractivity contribution < 1.29 is 0 Å². The molecule has 1 unspecified atom stereocenters. The van der Waals surface area contributed by atoms with Crippen molar-refractivity contribution in [3.05, 3.63) is 15.6 Å². The van der Waals surface area contributed by atoms with Crippen molar-refractivity contribution in [1.29, 1.82) is 0 Å². The quantitative estimate of drug-likeness (QED) is 0.850. The highest BCUT2D eigenvalue weighted by molar-refractivity contribution is 7.11. The molecule has 0 bridgehead atoms. The van der Waals surface area contributed by atoms with E-state index in [9.17, 15) is 0 Å². The predicted molar refractivity (Wildman–Crippen MR) is 65.6 cm³/mol. The van der Waals surface area contributed by atoms with E-state index in [4.69, 9.17) is 0 Å². The number of aryl methyl sites for hydroxylation is 2. The zero-order valence-corrected chi connectivity index (χ0v) is 10.5. The summed E-state index contributed by atoms with van der Waals surface area (Å²) in [6.45, 7) is 5.57. The summed E-state index contributed by atoms with van der Waals surface area (Å²) in [5, 5.41) is 4.87. The Labute approximate surface area is 96.1 Å². The number of nitrogens with one attached hydrogen (secondary N) is 1. The van der Waals surface area contributed by atoms with Crippen molar-refractivity contribution in [2.45, 2.75) is 52.0 Å². The van der Waals surface area contributed by atoms with Crippen LogP contribution in [0.1, 0.15) is 41.8 Å². The summed E-state index contributed by atoms with van der Waals surface area (Å²) in [6, 6.07) is 0.707. The van der Waals surface area contributed by atoms with E-state index in [-0.39, 0.29) is 0 Å². The molecule has 84 valence electrons. The van der Waals surface area contributed by atoms with Crippen LogP contribution in [-0.2, 0) is 12.8 Å². The molecule has 1 aliphatic heterocycles. The second-order valence-corrected chi connectivity index (χ2v) is 5.53. The Morgan fingerprint density at radius 3 is 3.07 bits per heavy atom. The van der Waals surface area contributed by atoms with E-state index in [0.29, 0.717) is 6.04 Å². The monoisotopic (exact) mass is 224 g/mol. The molecule has 15 heavy (non-hydrogen) atoms. The Bertz CT molecular complexity index is 313. The lowest BCUT2D eigenvalue weighted by Crippen LogP contribution is -2.23. The molecular formula is C12H20N2S. The molecule has 0 aromatic carbocycles. The van der Waals surface area contributed by atoms with Crippen LogP contribution in [-0.4, -0.2) is 17.6 Å². The first-order chi connectivity index (χ1) is 7.29. The summed E-state index contributed by atoms with van der Waals surface area (Å²) in [6.07, 6.45) is 6.20. The number of hydrogen-bond donors (Lipinski definition) is 1. The standard InChI is InChI=1S/C12H20N2S/c1-3-5-12-14-9(2)11(15-12)8-10-6-4-7-13-10/h10,13H,3-8H2,1-2H3. The average Bonchev–Trinajstić information content (AvgIpc) is 2.79. The molecule has 2 rings (SSSR count). The van der Waals surface area contributed by atoms with Gasteiger partial charge in [-0.15, -0.1) is 11.3 Å². The number of nitrogens with zero attached hydrogens (tertiary/aromatic N) is 1. The second-order valence-electron chi connectivity index (χ2n) is 4.36. The average molecular weight is 224 g/mol. The van der Waals surface area contributed by atoms with E-state index in [1.54, 1.807) is 0 Å². The molecule has 1 saturated heterocycles. The van der Waals surface area contributed by atoms with E-state index in [0.717, 1.165) is 6.42 Å². The largest absolute Gasteiger partial charge is 0.314 e. The summed E-state index contributed by atoms with van der Waals surface area (Å²) in [5.74, 6) is 0. The highest BCUT2D eigenvalue weighted by atomic mass is 32.1. The van der Waals surface area contributed by atoms with Crippen LogP contribution in [0.25, 0.3) is 0 Å². The molecule has 0 radical (unpaired) electrons. The third kappa shape index (κ3) is 2.79. The van der Waals surface area contributed by atoms with E-state index in [2.05, 4.69) is 24.1 Å². The minimum Gasteiger partial charge on any atom is -0.314 e. The van der Waals surface area contributed by atoms with E-state index >= 15 is 0 Å². The molecule has 1 N–H and O–H groups in total. The fourth-order valence-corrected chi connectivity index (χ4v) is 3.40. The van der Waals surface area contributed by atoms with Crippen molar-refractivity contribution in [2.75, 3.05) is 6.54 Å². The lowest BCUT2D eigenvalue weighted by molar-refractivity contribution is 0.605. The van der Waals surface area contributed by atoms with Gasteiger partial charge in [-0.05, 0) is 45.6 Å². The molecule has 0 saturated carbocycles. The van der Waals surface area contributed by atoms with Crippen LogP contribution in [0.5, 0.6) is 0 Å². The van der Waals surface area contributed by atoms with E-state index in [1.165, 1.54) is 47.8 Å². The zero-order chi connectivity index (χ0) is 10.7. The maximum atomic E-state index is 4.63. The van der Waals surface area contributed by atoms with Gasteiger partial charge in [0.25, 0.3) is 0 Å². The van der Waals surface area contributed by atoms with Crippen LogP contribution in [0.3, 0.4) is 0 Å². The Morgan fingerprint density at radius 2 is 2.40 bits per heavy atom. The topological polar surface area (TPSA) is 24.9 Å². The fraction of sp³-hybridized carbons (Fsp3) is 0.750. The van der Waals surface area contributed by atoms with Crippen LogP contribution in [0.2, 0.25) is 0 Å². The molecule has 0 aliphatic carbocycles. The summed E-state index contributed by atoms with van der Waals surface area (Å²) in [7, 11) is 0. The van der Waals surface area contributed by atoms with Gasteiger partial charge < -0.3 is 5.32 Å². The maximum Gasteiger partial charge on any atom is 0.0930 e. The van der Waals surface area contributed by atoms with Crippen LogP contribution in [0.15, 0.2) is 0 Å². The lowest BCUT2D eigenvalue weighted by Gasteiger charge is -2.07. The van der Waals surface area contributed by atoms with Gasteiger partial charge in [-0.25, -0.2) is 4.98 Å². The molecule has 1 aromatic rings. The lowest BCUT2D eigenvalue weighted by atomic mass is 10.1. The number of hydrogen-bond acceptors (Lipinski definition) is 3. The number of rotatable bonds is 4. The molecule has 1 aromatic heterocycles. The smallest absolute Gasteiger partial charge is 0.0930 e. The van der Waals surface area contributed by atoms with Gasteiger partial charge in [0.15, 0.2) is 0 Å². The van der Waals surface area contributed by atoms with Crippen molar-refractivity contribution in [2.24, 2.45) is 0 Å². The number of aromatic nitrogens is 1. The number of thiazole rings is 1. The fourth-order valence-electron chi connectivity index (χ4n) is 2.15. The van der Waals surface area contributed by atoms with Crippen LogP contribution >= 0.6 is 11.3 Å². The summed E-state index contributed by atoms with van der Waals surface area (Å²) in [5.41, 5.74) is 1.26. The third-order valence-electron chi connectivity index (χ3n) is 2.99. The van der Waals surface area contributed by atoms with Gasteiger partial charge in [0, 0.05) is 10.9 Å². The van der Waals surface area contributed by atoms with Gasteiger partial charge in [-0.1, -0.05) is 6.92 Å². The van der Waals surface area contributed by atoms with Gasteiger partial charge in [-0.3, -0.25) is 0 Å². The molecule has 1 atom stereocenters. The second kappa shape index (κ2) is 5.08. The first-order valence-corrected chi connectivity index (χ1v) is 6.79. The predicted octanol–water partition coefficient (Wildman–Crippen LogP) is 2.70. The molecular weight excluding hydrogens is 204 g/mol. The Balaban J connectivity index is 2.00. The summed E-state index contributed by atoms with van der Waals surface area (Å²) in [4.78, 5) is 6.13. The van der Waals surface area contributed by atoms with Gasteiger partial charge in [0.1, 0.15) is 0 Å². The normalized spacial score (nSPS) is 21.1. The van der Waals surface area contributed by atoms with Crippen molar-refractivity contribution in [3.63, 3.8) is 0 Å². The third-order valence-corrected chi connectivity index (χ3v) is 4.23. The highest BCUT2D eigenvalue weighted by Crippen LogP contribution is 2.22. The van der Waals surface area contributed by atoms with E-state index < -0.39 is 0 Å². The van der Waals surface area contributed by atoms with E-state index in [1.807, 2.05) is 11.3 Å². The molecule has 0 amide bonds. The first-order valence-electron chi connectivity index (χ1n) is 5.98. The molecule has 3 heteroatoms. The van der Waals surface area contributed by atoms with Gasteiger partial charge >= 0.3 is 0 Å². The maximum absolute atomic E-state index is 4.63.